The summed E-state index contributed by atoms with van der Waals surface area (Å²) >= 11 is 0. The lowest BCUT2D eigenvalue weighted by Gasteiger charge is -2.38. The Morgan fingerprint density at radius 2 is 1.35 bits per heavy atom. The van der Waals surface area contributed by atoms with Crippen LogP contribution < -0.4 is 15.4 Å². The molecule has 272 valence electrons. The third-order valence-corrected chi connectivity index (χ3v) is 10.6. The number of carbonyl (C=O) groups excluding carboxylic acids is 3. The zero-order valence-electron chi connectivity index (χ0n) is 32.1. The summed E-state index contributed by atoms with van der Waals surface area (Å²) in [6.45, 7) is 23.1. The SMILES string of the molecule is CN[C@H](C(=O)NC(C(=O)N(C)C/C=C(\C)C(=O)NS(=O)(=O)c1c(C(C)C)cc(C(C)C)cc1C(C)C)C(C)(C)C)C(C)(C)c1ccccc1. The first kappa shape index (κ1) is 41.7. The molecule has 2 aromatic carbocycles. The molecular formula is C39H60N4O5S. The van der Waals surface area contributed by atoms with E-state index in [4.69, 9.17) is 0 Å². The van der Waals surface area contributed by atoms with Crippen molar-refractivity contribution >= 4 is 27.7 Å². The largest absolute Gasteiger partial charge is 0.342 e. The highest BCUT2D eigenvalue weighted by Gasteiger charge is 2.40. The van der Waals surface area contributed by atoms with Crippen LogP contribution in [0.3, 0.4) is 0 Å². The predicted molar refractivity (Wildman–Crippen MR) is 199 cm³/mol. The van der Waals surface area contributed by atoms with Crippen LogP contribution in [0.4, 0.5) is 0 Å². The van der Waals surface area contributed by atoms with Gasteiger partial charge in [0.15, 0.2) is 0 Å². The smallest absolute Gasteiger partial charge is 0.264 e. The Labute approximate surface area is 295 Å². The van der Waals surface area contributed by atoms with Crippen LogP contribution in [-0.2, 0) is 29.8 Å². The molecule has 1 unspecified atom stereocenters. The van der Waals surface area contributed by atoms with Crippen LogP contribution in [0, 0.1) is 5.41 Å². The fourth-order valence-corrected chi connectivity index (χ4v) is 7.58. The van der Waals surface area contributed by atoms with Crippen molar-refractivity contribution in [2.24, 2.45) is 5.41 Å². The van der Waals surface area contributed by atoms with E-state index < -0.39 is 38.8 Å². The van der Waals surface area contributed by atoms with Gasteiger partial charge in [-0.05, 0) is 59.4 Å². The van der Waals surface area contributed by atoms with Crippen LogP contribution in [0.5, 0.6) is 0 Å². The summed E-state index contributed by atoms with van der Waals surface area (Å²) in [4.78, 5) is 42.4. The molecule has 0 aromatic heterocycles. The van der Waals surface area contributed by atoms with Crippen LogP contribution in [-0.4, -0.2) is 63.8 Å². The molecule has 0 saturated carbocycles. The monoisotopic (exact) mass is 696 g/mol. The Kier molecular flexibility index (Phi) is 14.0. The maximum Gasteiger partial charge on any atom is 0.264 e. The van der Waals surface area contributed by atoms with Crippen LogP contribution in [0.15, 0.2) is 59.0 Å². The Morgan fingerprint density at radius 1 is 0.837 bits per heavy atom. The molecule has 0 heterocycles. The molecule has 0 aliphatic heterocycles. The van der Waals surface area contributed by atoms with Crippen molar-refractivity contribution in [2.75, 3.05) is 20.6 Å². The van der Waals surface area contributed by atoms with Crippen LogP contribution >= 0.6 is 0 Å². The first-order valence-corrected chi connectivity index (χ1v) is 18.6. The minimum Gasteiger partial charge on any atom is -0.342 e. The molecule has 2 rings (SSSR count). The van der Waals surface area contributed by atoms with Gasteiger partial charge in [0.1, 0.15) is 6.04 Å². The molecule has 9 nitrogen and oxygen atoms in total. The van der Waals surface area contributed by atoms with Crippen molar-refractivity contribution in [3.63, 3.8) is 0 Å². The molecule has 0 saturated heterocycles. The molecular weight excluding hydrogens is 637 g/mol. The lowest BCUT2D eigenvalue weighted by atomic mass is 9.76. The number of amides is 3. The number of hydrogen-bond donors (Lipinski definition) is 3. The Bertz CT molecular complexity index is 1590. The van der Waals surface area contributed by atoms with Gasteiger partial charge in [0.05, 0.1) is 10.9 Å². The summed E-state index contributed by atoms with van der Waals surface area (Å²) in [6.07, 6.45) is 1.52. The molecule has 2 atom stereocenters. The number of nitrogens with zero attached hydrogens (tertiary/aromatic N) is 1. The summed E-state index contributed by atoms with van der Waals surface area (Å²) in [7, 11) is -0.900. The van der Waals surface area contributed by atoms with E-state index in [1.165, 1.54) is 17.9 Å². The standard InChI is InChI=1S/C39H60N4O5S/c1-24(2)28-22-30(25(3)4)32(31(23-28)26(5)6)49(47,48)42-35(44)27(7)20-21-43(14)37(46)34(38(8,9)10)41-36(45)33(40-13)39(11,12)29-18-16-15-17-19-29/h15-20,22-26,33-34,40H,21H2,1-14H3,(H,41,45)(H,42,44)/b27-20+/t33-,34?/m1/s1. The summed E-state index contributed by atoms with van der Waals surface area (Å²) < 4.78 is 29.9. The average Bonchev–Trinajstić information content (AvgIpc) is 3.00. The molecule has 0 aliphatic carbocycles. The van der Waals surface area contributed by atoms with Crippen molar-refractivity contribution in [1.82, 2.24) is 20.3 Å². The van der Waals surface area contributed by atoms with E-state index in [-0.39, 0.29) is 46.6 Å². The van der Waals surface area contributed by atoms with E-state index in [9.17, 15) is 22.8 Å². The molecule has 0 spiro atoms. The maximum atomic E-state index is 13.8. The molecule has 3 N–H and O–H groups in total. The second-order valence-corrected chi connectivity index (χ2v) is 17.3. The van der Waals surface area contributed by atoms with E-state index in [0.29, 0.717) is 11.1 Å². The topological polar surface area (TPSA) is 125 Å². The van der Waals surface area contributed by atoms with E-state index in [2.05, 4.69) is 29.2 Å². The van der Waals surface area contributed by atoms with E-state index in [0.717, 1.165) is 11.1 Å². The van der Waals surface area contributed by atoms with Gasteiger partial charge in [-0.3, -0.25) is 14.4 Å². The van der Waals surface area contributed by atoms with Gasteiger partial charge >= 0.3 is 0 Å². The highest BCUT2D eigenvalue weighted by atomic mass is 32.2. The predicted octanol–water partition coefficient (Wildman–Crippen LogP) is 6.36. The van der Waals surface area contributed by atoms with Gasteiger partial charge < -0.3 is 15.5 Å². The average molecular weight is 697 g/mol. The summed E-state index contributed by atoms with van der Waals surface area (Å²) in [6, 6.07) is 12.1. The van der Waals surface area contributed by atoms with Gasteiger partial charge in [0, 0.05) is 24.6 Å². The molecule has 0 fully saturated rings. The second kappa shape index (κ2) is 16.5. The highest BCUT2D eigenvalue weighted by Crippen LogP contribution is 2.35. The van der Waals surface area contributed by atoms with Crippen molar-refractivity contribution in [1.29, 1.82) is 0 Å². The molecule has 0 radical (unpaired) electrons. The molecule has 10 heteroatoms. The second-order valence-electron chi connectivity index (χ2n) is 15.7. The minimum absolute atomic E-state index is 0.0309. The number of hydrogen-bond acceptors (Lipinski definition) is 6. The van der Waals surface area contributed by atoms with E-state index in [1.54, 1.807) is 14.1 Å². The van der Waals surface area contributed by atoms with Crippen LogP contribution in [0.2, 0.25) is 0 Å². The first-order chi connectivity index (χ1) is 22.5. The van der Waals surface area contributed by atoms with Crippen molar-refractivity contribution < 1.29 is 22.8 Å². The number of carbonyl (C=O) groups is 3. The first-order valence-electron chi connectivity index (χ1n) is 17.2. The summed E-state index contributed by atoms with van der Waals surface area (Å²) in [5.41, 5.74) is 2.31. The fourth-order valence-electron chi connectivity index (χ4n) is 5.86. The maximum absolute atomic E-state index is 13.8. The zero-order chi connectivity index (χ0) is 37.6. The van der Waals surface area contributed by atoms with Crippen molar-refractivity contribution in [3.8, 4) is 0 Å². The van der Waals surface area contributed by atoms with Crippen molar-refractivity contribution in [2.45, 2.75) is 123 Å². The fraction of sp³-hybridized carbons (Fsp3) is 0.564. The number of nitrogens with one attached hydrogen (secondary N) is 3. The summed E-state index contributed by atoms with van der Waals surface area (Å²) in [5.74, 6) is -1.37. The highest BCUT2D eigenvalue weighted by molar-refractivity contribution is 7.90. The third kappa shape index (κ3) is 10.3. The number of benzene rings is 2. The molecule has 0 aliphatic rings. The number of likely N-dealkylation sites (N-methyl/N-ethyl adjacent to an activating group) is 2. The number of rotatable bonds is 14. The minimum atomic E-state index is -4.22. The van der Waals surface area contributed by atoms with Crippen LogP contribution in [0.1, 0.15) is 123 Å². The lowest BCUT2D eigenvalue weighted by Crippen LogP contribution is -2.60. The van der Waals surface area contributed by atoms with Crippen LogP contribution in [0.25, 0.3) is 0 Å². The van der Waals surface area contributed by atoms with Gasteiger partial charge in [-0.1, -0.05) is 125 Å². The molecule has 3 amide bonds. The van der Waals surface area contributed by atoms with E-state index in [1.807, 2.05) is 105 Å². The van der Waals surface area contributed by atoms with E-state index >= 15 is 0 Å². The molecule has 2 aromatic rings. The Balaban J connectivity index is 2.30. The van der Waals surface area contributed by atoms with Gasteiger partial charge in [-0.2, -0.15) is 0 Å². The normalized spacial score (nSPS) is 14.2. The van der Waals surface area contributed by atoms with Gasteiger partial charge in [-0.25, -0.2) is 13.1 Å². The van der Waals surface area contributed by atoms with Crippen molar-refractivity contribution in [3.05, 3.63) is 76.4 Å². The zero-order valence-corrected chi connectivity index (χ0v) is 32.9. The Morgan fingerprint density at radius 3 is 1.78 bits per heavy atom. The van der Waals surface area contributed by atoms with Gasteiger partial charge in [0.2, 0.25) is 11.8 Å². The number of sulfonamides is 1. The summed E-state index contributed by atoms with van der Waals surface area (Å²) in [5, 5.41) is 6.13. The molecule has 49 heavy (non-hydrogen) atoms. The van der Waals surface area contributed by atoms with Gasteiger partial charge in [-0.15, -0.1) is 0 Å². The quantitative estimate of drug-likeness (QED) is 0.198. The lowest BCUT2D eigenvalue weighted by molar-refractivity contribution is -0.139. The molecule has 0 bridgehead atoms. The van der Waals surface area contributed by atoms with Gasteiger partial charge in [0.25, 0.3) is 15.9 Å². The Hall–Kier alpha value is -3.50. The third-order valence-electron chi connectivity index (χ3n) is 9.17.